The molecule has 0 amide bonds. The lowest BCUT2D eigenvalue weighted by Gasteiger charge is -2.34. The van der Waals surface area contributed by atoms with E-state index in [2.05, 4.69) is 4.72 Å². The molecule has 1 saturated heterocycles. The zero-order valence-corrected chi connectivity index (χ0v) is 12.7. The Balaban J connectivity index is 2.31. The van der Waals surface area contributed by atoms with Crippen molar-refractivity contribution in [3.05, 3.63) is 29.3 Å². The Morgan fingerprint density at radius 2 is 2.20 bits per heavy atom. The van der Waals surface area contributed by atoms with Crippen LogP contribution in [0.2, 0.25) is 0 Å². The van der Waals surface area contributed by atoms with Gasteiger partial charge in [0.15, 0.2) is 0 Å². The van der Waals surface area contributed by atoms with Crippen LogP contribution in [0, 0.1) is 6.92 Å². The fraction of sp³-hybridized carbons (Fsp3) is 0.571. The lowest BCUT2D eigenvalue weighted by molar-refractivity contribution is 0.0386. The molecule has 0 bridgehead atoms. The van der Waals surface area contributed by atoms with Crippen LogP contribution in [-0.4, -0.2) is 32.3 Å². The normalized spacial score (nSPS) is 23.8. The molecule has 1 fully saturated rings. The van der Waals surface area contributed by atoms with Gasteiger partial charge in [0.1, 0.15) is 0 Å². The molecule has 2 rings (SSSR count). The SMILES string of the molecule is Cc1c(CO)cccc1S(=O)(=O)NC1(C)CCCOC1. The number of rotatable bonds is 4. The van der Waals surface area contributed by atoms with Gasteiger partial charge in [-0.05, 0) is 43.9 Å². The number of ether oxygens (including phenoxy) is 1. The van der Waals surface area contributed by atoms with E-state index in [1.165, 1.54) is 0 Å². The number of aliphatic hydroxyl groups excluding tert-OH is 1. The van der Waals surface area contributed by atoms with Gasteiger partial charge < -0.3 is 9.84 Å². The number of benzene rings is 1. The van der Waals surface area contributed by atoms with Crippen LogP contribution < -0.4 is 4.72 Å². The second kappa shape index (κ2) is 5.81. The number of aliphatic hydroxyl groups is 1. The van der Waals surface area contributed by atoms with Crippen molar-refractivity contribution in [2.45, 2.75) is 43.7 Å². The van der Waals surface area contributed by atoms with Gasteiger partial charge in [0.2, 0.25) is 10.0 Å². The van der Waals surface area contributed by atoms with Crippen LogP contribution in [0.15, 0.2) is 23.1 Å². The van der Waals surface area contributed by atoms with Crippen LogP contribution in [0.4, 0.5) is 0 Å². The van der Waals surface area contributed by atoms with Crippen LogP contribution in [0.25, 0.3) is 0 Å². The highest BCUT2D eigenvalue weighted by Gasteiger charge is 2.33. The Hall–Kier alpha value is -0.950. The minimum absolute atomic E-state index is 0.171. The van der Waals surface area contributed by atoms with E-state index < -0.39 is 15.6 Å². The average molecular weight is 299 g/mol. The van der Waals surface area contributed by atoms with Gasteiger partial charge in [-0.1, -0.05) is 12.1 Å². The Morgan fingerprint density at radius 3 is 2.80 bits per heavy atom. The summed E-state index contributed by atoms with van der Waals surface area (Å²) in [5, 5.41) is 9.25. The molecule has 112 valence electrons. The third-order valence-electron chi connectivity index (χ3n) is 3.67. The molecule has 1 atom stereocenters. The monoisotopic (exact) mass is 299 g/mol. The minimum Gasteiger partial charge on any atom is -0.392 e. The van der Waals surface area contributed by atoms with E-state index in [1.807, 2.05) is 6.92 Å². The van der Waals surface area contributed by atoms with Crippen LogP contribution in [0.1, 0.15) is 30.9 Å². The predicted molar refractivity (Wildman–Crippen MR) is 75.9 cm³/mol. The summed E-state index contributed by atoms with van der Waals surface area (Å²) in [6, 6.07) is 4.93. The van der Waals surface area contributed by atoms with Gasteiger partial charge in [0.25, 0.3) is 0 Å². The standard InChI is InChI=1S/C14H21NO4S/c1-11-12(9-16)5-3-6-13(11)20(17,18)15-14(2)7-4-8-19-10-14/h3,5-6,15-16H,4,7-10H2,1-2H3. The van der Waals surface area contributed by atoms with Gasteiger partial charge in [-0.15, -0.1) is 0 Å². The lowest BCUT2D eigenvalue weighted by atomic mass is 9.97. The van der Waals surface area contributed by atoms with Gasteiger partial charge in [-0.2, -0.15) is 0 Å². The summed E-state index contributed by atoms with van der Waals surface area (Å²) in [6.07, 6.45) is 1.60. The van der Waals surface area contributed by atoms with E-state index in [1.54, 1.807) is 25.1 Å². The molecular weight excluding hydrogens is 278 g/mol. The molecule has 0 aliphatic carbocycles. The first kappa shape index (κ1) is 15.4. The number of hydrogen-bond donors (Lipinski definition) is 2. The van der Waals surface area contributed by atoms with Crippen LogP contribution in [0.3, 0.4) is 0 Å². The third kappa shape index (κ3) is 3.20. The van der Waals surface area contributed by atoms with Crippen molar-refractivity contribution in [3.8, 4) is 0 Å². The van der Waals surface area contributed by atoms with Crippen molar-refractivity contribution in [1.29, 1.82) is 0 Å². The van der Waals surface area contributed by atoms with Gasteiger partial charge in [-0.3, -0.25) is 0 Å². The predicted octanol–water partition coefficient (Wildman–Crippen LogP) is 1.33. The second-order valence-corrected chi connectivity index (χ2v) is 7.17. The number of nitrogens with one attached hydrogen (secondary N) is 1. The first-order valence-electron chi connectivity index (χ1n) is 6.69. The largest absolute Gasteiger partial charge is 0.392 e. The highest BCUT2D eigenvalue weighted by Crippen LogP contribution is 2.24. The lowest BCUT2D eigenvalue weighted by Crippen LogP contribution is -2.51. The highest BCUT2D eigenvalue weighted by atomic mass is 32.2. The summed E-state index contributed by atoms with van der Waals surface area (Å²) in [7, 11) is -3.62. The second-order valence-electron chi connectivity index (χ2n) is 5.52. The molecule has 0 radical (unpaired) electrons. The van der Waals surface area contributed by atoms with E-state index in [-0.39, 0.29) is 11.5 Å². The molecule has 1 aromatic carbocycles. The first-order chi connectivity index (χ1) is 9.38. The molecule has 20 heavy (non-hydrogen) atoms. The van der Waals surface area contributed by atoms with E-state index in [0.717, 1.165) is 12.8 Å². The topological polar surface area (TPSA) is 75.6 Å². The molecule has 6 heteroatoms. The van der Waals surface area contributed by atoms with E-state index >= 15 is 0 Å². The Bertz CT molecular complexity index is 577. The fourth-order valence-electron chi connectivity index (χ4n) is 2.52. The molecular formula is C14H21NO4S. The molecule has 1 unspecified atom stereocenters. The molecule has 0 aromatic heterocycles. The highest BCUT2D eigenvalue weighted by molar-refractivity contribution is 7.89. The zero-order valence-electron chi connectivity index (χ0n) is 11.8. The van der Waals surface area contributed by atoms with Gasteiger partial charge >= 0.3 is 0 Å². The minimum atomic E-state index is -3.62. The maximum Gasteiger partial charge on any atom is 0.241 e. The van der Waals surface area contributed by atoms with E-state index in [9.17, 15) is 13.5 Å². The summed E-state index contributed by atoms with van der Waals surface area (Å²) < 4.78 is 33.2. The zero-order chi connectivity index (χ0) is 14.8. The molecule has 0 saturated carbocycles. The van der Waals surface area contributed by atoms with Crippen LogP contribution >= 0.6 is 0 Å². The Labute approximate surface area is 120 Å². The third-order valence-corrected chi connectivity index (χ3v) is 5.46. The quantitative estimate of drug-likeness (QED) is 0.879. The first-order valence-corrected chi connectivity index (χ1v) is 8.17. The fourth-order valence-corrected chi connectivity index (χ4v) is 4.23. The van der Waals surface area contributed by atoms with Crippen molar-refractivity contribution in [3.63, 3.8) is 0 Å². The maximum absolute atomic E-state index is 12.5. The number of sulfonamides is 1. The van der Waals surface area contributed by atoms with E-state index in [4.69, 9.17) is 4.74 Å². The molecule has 5 nitrogen and oxygen atoms in total. The average Bonchev–Trinajstić information content (AvgIpc) is 2.38. The molecule has 2 N–H and O–H groups in total. The number of hydrogen-bond acceptors (Lipinski definition) is 4. The van der Waals surface area contributed by atoms with Crippen LogP contribution in [0.5, 0.6) is 0 Å². The molecule has 0 spiro atoms. The van der Waals surface area contributed by atoms with Gasteiger partial charge in [-0.25, -0.2) is 13.1 Å². The summed E-state index contributed by atoms with van der Waals surface area (Å²) >= 11 is 0. The summed E-state index contributed by atoms with van der Waals surface area (Å²) in [4.78, 5) is 0.218. The summed E-state index contributed by atoms with van der Waals surface area (Å²) in [6.45, 7) is 4.45. The van der Waals surface area contributed by atoms with Crippen molar-refractivity contribution in [1.82, 2.24) is 4.72 Å². The Morgan fingerprint density at radius 1 is 1.45 bits per heavy atom. The van der Waals surface area contributed by atoms with Crippen molar-refractivity contribution >= 4 is 10.0 Å². The molecule has 1 aromatic rings. The van der Waals surface area contributed by atoms with E-state index in [0.29, 0.717) is 24.3 Å². The van der Waals surface area contributed by atoms with Crippen LogP contribution in [-0.2, 0) is 21.4 Å². The maximum atomic E-state index is 12.5. The van der Waals surface area contributed by atoms with Crippen molar-refractivity contribution in [2.24, 2.45) is 0 Å². The Kier molecular flexibility index (Phi) is 4.49. The molecule has 1 aliphatic rings. The van der Waals surface area contributed by atoms with Gasteiger partial charge in [0.05, 0.1) is 23.6 Å². The van der Waals surface area contributed by atoms with Crippen molar-refractivity contribution < 1.29 is 18.3 Å². The summed E-state index contributed by atoms with van der Waals surface area (Å²) in [5.41, 5.74) is 0.638. The molecule has 1 aliphatic heterocycles. The molecule has 1 heterocycles. The van der Waals surface area contributed by atoms with Gasteiger partial charge in [0, 0.05) is 6.61 Å². The van der Waals surface area contributed by atoms with Crippen molar-refractivity contribution in [2.75, 3.05) is 13.2 Å². The summed E-state index contributed by atoms with van der Waals surface area (Å²) in [5.74, 6) is 0. The smallest absolute Gasteiger partial charge is 0.241 e.